The number of ether oxygens (including phenoxy) is 5. The van der Waals surface area contributed by atoms with Gasteiger partial charge in [0.15, 0.2) is 22.9 Å². The molecule has 0 bridgehead atoms. The van der Waals surface area contributed by atoms with Gasteiger partial charge < -0.3 is 48.9 Å². The average molecular weight is 751 g/mol. The summed E-state index contributed by atoms with van der Waals surface area (Å²) in [6.07, 6.45) is 8.84. The number of nitrogens with zero attached hydrogens (tertiary/aromatic N) is 12. The molecule has 1 fully saturated rings. The van der Waals surface area contributed by atoms with Crippen LogP contribution in [0.3, 0.4) is 0 Å². The molecule has 20 heteroatoms. The maximum absolute atomic E-state index is 12.4. The van der Waals surface area contributed by atoms with Crippen molar-refractivity contribution in [1.29, 1.82) is 0 Å². The fourth-order valence-corrected chi connectivity index (χ4v) is 6.02. The van der Waals surface area contributed by atoms with Crippen LogP contribution in [0.2, 0.25) is 0 Å². The predicted molar refractivity (Wildman–Crippen MR) is 199 cm³/mol. The first-order valence-electron chi connectivity index (χ1n) is 18.3. The Labute approximate surface area is 312 Å². The molecule has 0 amide bonds. The number of hydrogen-bond donors (Lipinski definition) is 2. The van der Waals surface area contributed by atoms with Crippen molar-refractivity contribution in [2.24, 2.45) is 0 Å². The van der Waals surface area contributed by atoms with Crippen molar-refractivity contribution in [3.8, 4) is 6.01 Å². The maximum Gasteiger partial charge on any atom is 0.299 e. The summed E-state index contributed by atoms with van der Waals surface area (Å²) in [5.41, 5.74) is 14.6. The first-order chi connectivity index (χ1) is 26.5. The molecule has 1 aliphatic heterocycles. The van der Waals surface area contributed by atoms with E-state index in [0.717, 1.165) is 51.3 Å². The van der Waals surface area contributed by atoms with E-state index in [0.29, 0.717) is 106 Å². The summed E-state index contributed by atoms with van der Waals surface area (Å²) < 4.78 is 35.4. The van der Waals surface area contributed by atoms with Crippen LogP contribution in [0.5, 0.6) is 6.01 Å². The van der Waals surface area contributed by atoms with E-state index in [9.17, 15) is 4.79 Å². The highest BCUT2D eigenvalue weighted by Gasteiger charge is 2.14. The number of nitrogens with two attached hydrogens (primary N) is 2. The molecule has 5 aromatic heterocycles. The largest absolute Gasteiger partial charge is 0.463 e. The minimum atomic E-state index is -0.316. The van der Waals surface area contributed by atoms with Crippen LogP contribution in [0.25, 0.3) is 22.3 Å². The smallest absolute Gasteiger partial charge is 0.299 e. The molecule has 1 saturated heterocycles. The van der Waals surface area contributed by atoms with Gasteiger partial charge in [-0.3, -0.25) is 14.6 Å². The van der Waals surface area contributed by atoms with Crippen LogP contribution < -0.4 is 21.8 Å². The van der Waals surface area contributed by atoms with Crippen LogP contribution in [0.4, 0.5) is 11.6 Å². The summed E-state index contributed by atoms with van der Waals surface area (Å²) in [7, 11) is 0. The zero-order valence-corrected chi connectivity index (χ0v) is 30.8. The van der Waals surface area contributed by atoms with Crippen molar-refractivity contribution < 1.29 is 23.7 Å². The third-order valence-corrected chi connectivity index (χ3v) is 9.03. The molecule has 0 unspecified atom stereocenters. The van der Waals surface area contributed by atoms with Gasteiger partial charge in [-0.05, 0) is 13.3 Å². The molecule has 5 aromatic rings. The summed E-state index contributed by atoms with van der Waals surface area (Å²) in [6.45, 7) is 12.6. The third kappa shape index (κ3) is 10.9. The molecule has 0 aromatic carbocycles. The number of hydrogen-bond acceptors (Lipinski definition) is 17. The molecule has 0 aliphatic carbocycles. The zero-order valence-electron chi connectivity index (χ0n) is 30.8. The molecule has 4 N–H and O–H groups in total. The molecule has 0 radical (unpaired) electrons. The maximum atomic E-state index is 12.4. The van der Waals surface area contributed by atoms with Crippen molar-refractivity contribution in [3.63, 3.8) is 0 Å². The van der Waals surface area contributed by atoms with Crippen molar-refractivity contribution in [1.82, 2.24) is 58.4 Å². The van der Waals surface area contributed by atoms with Crippen molar-refractivity contribution in [2.75, 3.05) is 110 Å². The SMILES string of the molecule is Cc1cn(CCCN2CCOCCOCCN(CCn3cnc4c(N)ncnc43)CCOCCOCC2)c(OCCn2cnc3c(N)ncnc32)nc1=O. The van der Waals surface area contributed by atoms with Gasteiger partial charge in [-0.15, -0.1) is 0 Å². The number of imidazole rings is 2. The molecule has 54 heavy (non-hydrogen) atoms. The van der Waals surface area contributed by atoms with E-state index >= 15 is 0 Å². The predicted octanol–water partition coefficient (Wildman–Crippen LogP) is -0.151. The second kappa shape index (κ2) is 20.0. The first kappa shape index (κ1) is 38.9. The standard InChI is InChI=1S/C34H50N14O6/c1-26-21-46(34(43-33(26)49)54-16-11-48-25-42-28-30(36)38-23-40-32(28)48)4-2-3-44-7-12-50-17-19-52-14-9-45(10-15-53-20-18-51-13-8-44)5-6-47-24-41-27-29(35)37-22-39-31(27)47/h21-25H,2-20H2,1H3,(H2,35,37,39)(H2,36,38,40). The van der Waals surface area contributed by atoms with E-state index in [2.05, 4.69) is 44.7 Å². The Kier molecular flexibility index (Phi) is 14.4. The molecule has 292 valence electrons. The van der Waals surface area contributed by atoms with E-state index in [1.807, 2.05) is 13.7 Å². The summed E-state index contributed by atoms with van der Waals surface area (Å²) in [4.78, 5) is 46.6. The number of anilines is 2. The van der Waals surface area contributed by atoms with Gasteiger partial charge >= 0.3 is 0 Å². The highest BCUT2D eigenvalue weighted by molar-refractivity contribution is 5.81. The minimum absolute atomic E-state index is 0.258. The summed E-state index contributed by atoms with van der Waals surface area (Å²) >= 11 is 0. The fraction of sp³-hybridized carbons (Fsp3) is 0.588. The van der Waals surface area contributed by atoms with Gasteiger partial charge in [0, 0.05) is 64.1 Å². The van der Waals surface area contributed by atoms with Crippen molar-refractivity contribution >= 4 is 34.0 Å². The van der Waals surface area contributed by atoms with Gasteiger partial charge in [0.1, 0.15) is 30.3 Å². The normalized spacial score (nSPS) is 16.8. The molecule has 0 saturated carbocycles. The number of aromatic nitrogens is 10. The molecule has 20 nitrogen and oxygen atoms in total. The molecule has 0 spiro atoms. The van der Waals surface area contributed by atoms with Gasteiger partial charge in [0.2, 0.25) is 0 Å². The van der Waals surface area contributed by atoms with Gasteiger partial charge in [-0.1, -0.05) is 0 Å². The minimum Gasteiger partial charge on any atom is -0.463 e. The third-order valence-electron chi connectivity index (χ3n) is 9.03. The number of nitrogen functional groups attached to an aromatic ring is 2. The Morgan fingerprint density at radius 2 is 1.15 bits per heavy atom. The lowest BCUT2D eigenvalue weighted by Gasteiger charge is -2.24. The van der Waals surface area contributed by atoms with Crippen molar-refractivity contribution in [2.45, 2.75) is 33.0 Å². The molecule has 6 heterocycles. The molecular formula is C34H50N14O6. The van der Waals surface area contributed by atoms with Crippen LogP contribution in [-0.4, -0.2) is 157 Å². The summed E-state index contributed by atoms with van der Waals surface area (Å²) in [5.74, 6) is 0.695. The Balaban J connectivity index is 0.941. The Hall–Kier alpha value is -4.86. The number of rotatable bonds is 11. The molecule has 1 aliphatic rings. The van der Waals surface area contributed by atoms with Crippen LogP contribution in [-0.2, 0) is 38.6 Å². The summed E-state index contributed by atoms with van der Waals surface area (Å²) in [5, 5.41) is 0. The van der Waals surface area contributed by atoms with Crippen LogP contribution in [0.15, 0.2) is 36.3 Å². The average Bonchev–Trinajstić information content (AvgIpc) is 3.79. The van der Waals surface area contributed by atoms with E-state index in [1.54, 1.807) is 25.8 Å². The molecule has 0 atom stereocenters. The van der Waals surface area contributed by atoms with Gasteiger partial charge in [0.05, 0.1) is 72.1 Å². The first-order valence-corrected chi connectivity index (χ1v) is 18.3. The Bertz CT molecular complexity index is 1950. The molecule has 6 rings (SSSR count). The van der Waals surface area contributed by atoms with Gasteiger partial charge in [-0.2, -0.15) is 4.98 Å². The van der Waals surface area contributed by atoms with E-state index in [-0.39, 0.29) is 18.2 Å². The molecular weight excluding hydrogens is 700 g/mol. The second-order valence-corrected chi connectivity index (χ2v) is 12.8. The number of aryl methyl sites for hydroxylation is 2. The van der Waals surface area contributed by atoms with Crippen LogP contribution in [0.1, 0.15) is 12.0 Å². The van der Waals surface area contributed by atoms with Gasteiger partial charge in [-0.25, -0.2) is 29.9 Å². The highest BCUT2D eigenvalue weighted by Crippen LogP contribution is 2.16. The van der Waals surface area contributed by atoms with Crippen LogP contribution in [0, 0.1) is 6.92 Å². The zero-order chi connectivity index (χ0) is 37.5. The highest BCUT2D eigenvalue weighted by atomic mass is 16.5. The lowest BCUT2D eigenvalue weighted by atomic mass is 10.3. The van der Waals surface area contributed by atoms with Crippen LogP contribution >= 0.6 is 0 Å². The monoisotopic (exact) mass is 750 g/mol. The Morgan fingerprint density at radius 1 is 0.630 bits per heavy atom. The summed E-state index contributed by atoms with van der Waals surface area (Å²) in [6, 6.07) is 0.270. The quantitative estimate of drug-likeness (QED) is 0.179. The fourth-order valence-electron chi connectivity index (χ4n) is 6.02. The van der Waals surface area contributed by atoms with E-state index < -0.39 is 0 Å². The number of fused-ring (bicyclic) bond motifs is 2. The lowest BCUT2D eigenvalue weighted by molar-refractivity contribution is 0.00756. The van der Waals surface area contributed by atoms with Gasteiger partial charge in [0.25, 0.3) is 11.6 Å². The van der Waals surface area contributed by atoms with E-state index in [4.69, 9.17) is 35.2 Å². The topological polar surface area (TPSA) is 227 Å². The lowest BCUT2D eigenvalue weighted by Crippen LogP contribution is -2.35. The second-order valence-electron chi connectivity index (χ2n) is 12.8. The Morgan fingerprint density at radius 3 is 1.70 bits per heavy atom. The van der Waals surface area contributed by atoms with E-state index in [1.165, 1.54) is 12.7 Å². The van der Waals surface area contributed by atoms with Crippen molar-refractivity contribution in [3.05, 3.63) is 47.4 Å².